The molecule has 0 atom stereocenters. The van der Waals surface area contributed by atoms with E-state index in [0.29, 0.717) is 11.5 Å². The summed E-state index contributed by atoms with van der Waals surface area (Å²) >= 11 is 0. The third-order valence-corrected chi connectivity index (χ3v) is 3.02. The summed E-state index contributed by atoms with van der Waals surface area (Å²) in [7, 11) is 1.40. The van der Waals surface area contributed by atoms with E-state index in [9.17, 15) is 9.18 Å². The number of anilines is 1. The summed E-state index contributed by atoms with van der Waals surface area (Å²) in [6.45, 7) is 0. The van der Waals surface area contributed by atoms with E-state index >= 15 is 0 Å². The first-order chi connectivity index (χ1) is 11.2. The Bertz CT molecular complexity index is 835. The van der Waals surface area contributed by atoms with Crippen LogP contribution in [0.5, 0.6) is 5.75 Å². The maximum atomic E-state index is 13.3. The van der Waals surface area contributed by atoms with Crippen molar-refractivity contribution >= 4 is 11.9 Å². The molecule has 0 aliphatic heterocycles. The van der Waals surface area contributed by atoms with Crippen LogP contribution in [0.1, 0.15) is 10.4 Å². The van der Waals surface area contributed by atoms with Gasteiger partial charge in [-0.1, -0.05) is 6.07 Å². The van der Waals surface area contributed by atoms with E-state index < -0.39 is 11.7 Å². The number of carbonyl (C=O) groups is 1. The smallest absolute Gasteiger partial charge is 0.261 e. The summed E-state index contributed by atoms with van der Waals surface area (Å²) in [6, 6.07) is 9.00. The molecule has 0 aliphatic carbocycles. The van der Waals surface area contributed by atoms with Crippen molar-refractivity contribution in [3.8, 4) is 17.3 Å². The van der Waals surface area contributed by atoms with Gasteiger partial charge in [0.2, 0.25) is 5.95 Å². The highest BCUT2D eigenvalue weighted by Gasteiger charge is 2.16. The van der Waals surface area contributed by atoms with Crippen LogP contribution in [0.2, 0.25) is 0 Å². The number of halogens is 1. The second-order valence-corrected chi connectivity index (χ2v) is 4.52. The molecule has 0 saturated carbocycles. The number of rotatable bonds is 4. The van der Waals surface area contributed by atoms with Gasteiger partial charge in [-0.2, -0.15) is 4.98 Å². The molecule has 0 saturated heterocycles. The predicted octanol–water partition coefficient (Wildman–Crippen LogP) is 2.27. The lowest BCUT2D eigenvalue weighted by Gasteiger charge is -2.07. The van der Waals surface area contributed by atoms with Crippen LogP contribution in [0.3, 0.4) is 0 Å². The number of aromatic nitrogens is 4. The van der Waals surface area contributed by atoms with Gasteiger partial charge in [0.05, 0.1) is 12.7 Å². The van der Waals surface area contributed by atoms with Crippen LogP contribution in [0.4, 0.5) is 10.3 Å². The quantitative estimate of drug-likeness (QED) is 0.770. The number of H-pyrrole nitrogens is 1. The SMILES string of the molecule is COc1ccc(F)cc1C(=O)Nc1n[nH]c(-c2ccccn2)n1. The monoisotopic (exact) mass is 313 g/mol. The zero-order valence-corrected chi connectivity index (χ0v) is 12.1. The number of amides is 1. The van der Waals surface area contributed by atoms with E-state index in [1.807, 2.05) is 0 Å². The largest absolute Gasteiger partial charge is 0.496 e. The summed E-state index contributed by atoms with van der Waals surface area (Å²) < 4.78 is 18.4. The Morgan fingerprint density at radius 3 is 2.91 bits per heavy atom. The molecule has 0 fully saturated rings. The van der Waals surface area contributed by atoms with Crippen molar-refractivity contribution in [3.05, 3.63) is 54.0 Å². The molecule has 1 aromatic carbocycles. The Hall–Kier alpha value is -3.29. The van der Waals surface area contributed by atoms with E-state index in [2.05, 4.69) is 25.5 Å². The normalized spacial score (nSPS) is 10.3. The zero-order valence-electron chi connectivity index (χ0n) is 12.1. The van der Waals surface area contributed by atoms with E-state index in [-0.39, 0.29) is 17.3 Å². The first kappa shape index (κ1) is 14.6. The van der Waals surface area contributed by atoms with E-state index in [4.69, 9.17) is 4.74 Å². The van der Waals surface area contributed by atoms with Gasteiger partial charge in [0, 0.05) is 6.20 Å². The summed E-state index contributed by atoms with van der Waals surface area (Å²) in [6.07, 6.45) is 1.62. The number of hydrogen-bond donors (Lipinski definition) is 2. The fraction of sp³-hybridized carbons (Fsp3) is 0.0667. The molecule has 7 nitrogen and oxygen atoms in total. The number of nitrogens with one attached hydrogen (secondary N) is 2. The number of aromatic amines is 1. The molecular formula is C15H12FN5O2. The maximum absolute atomic E-state index is 13.3. The second-order valence-electron chi connectivity index (χ2n) is 4.52. The summed E-state index contributed by atoms with van der Waals surface area (Å²) in [5.41, 5.74) is 0.639. The highest BCUT2D eigenvalue weighted by molar-refractivity contribution is 6.05. The lowest BCUT2D eigenvalue weighted by Crippen LogP contribution is -2.14. The molecule has 3 rings (SSSR count). The number of methoxy groups -OCH3 is 1. The predicted molar refractivity (Wildman–Crippen MR) is 80.5 cm³/mol. The molecule has 0 bridgehead atoms. The molecule has 3 aromatic rings. The Morgan fingerprint density at radius 1 is 1.30 bits per heavy atom. The first-order valence-electron chi connectivity index (χ1n) is 6.66. The Kier molecular flexibility index (Phi) is 3.96. The average Bonchev–Trinajstić information content (AvgIpc) is 3.04. The minimum Gasteiger partial charge on any atom is -0.496 e. The number of nitrogens with zero attached hydrogens (tertiary/aromatic N) is 3. The topological polar surface area (TPSA) is 92.8 Å². The molecule has 8 heteroatoms. The lowest BCUT2D eigenvalue weighted by atomic mass is 10.2. The van der Waals surface area contributed by atoms with Gasteiger partial charge < -0.3 is 4.74 Å². The van der Waals surface area contributed by atoms with Gasteiger partial charge in [-0.25, -0.2) is 4.39 Å². The third kappa shape index (κ3) is 3.15. The van der Waals surface area contributed by atoms with Crippen LogP contribution in [-0.4, -0.2) is 33.2 Å². The molecular weight excluding hydrogens is 301 g/mol. The molecule has 1 amide bonds. The van der Waals surface area contributed by atoms with Crippen LogP contribution in [0.15, 0.2) is 42.6 Å². The molecule has 116 valence electrons. The molecule has 2 heterocycles. The van der Waals surface area contributed by atoms with Crippen LogP contribution < -0.4 is 10.1 Å². The van der Waals surface area contributed by atoms with E-state index in [0.717, 1.165) is 6.07 Å². The Morgan fingerprint density at radius 2 is 2.17 bits per heavy atom. The van der Waals surface area contributed by atoms with Gasteiger partial charge in [-0.15, -0.1) is 5.10 Å². The minimum absolute atomic E-state index is 0.0525. The van der Waals surface area contributed by atoms with Gasteiger partial charge in [-0.3, -0.25) is 20.2 Å². The third-order valence-electron chi connectivity index (χ3n) is 3.02. The molecule has 0 unspecified atom stereocenters. The first-order valence-corrected chi connectivity index (χ1v) is 6.66. The minimum atomic E-state index is -0.576. The second kappa shape index (κ2) is 6.22. The van der Waals surface area contributed by atoms with Gasteiger partial charge in [0.15, 0.2) is 5.82 Å². The number of ether oxygens (including phenoxy) is 1. The van der Waals surface area contributed by atoms with Crippen molar-refractivity contribution in [2.75, 3.05) is 12.4 Å². The van der Waals surface area contributed by atoms with Crippen LogP contribution in [-0.2, 0) is 0 Å². The lowest BCUT2D eigenvalue weighted by molar-refractivity contribution is 0.102. The summed E-state index contributed by atoms with van der Waals surface area (Å²) in [5.74, 6) is -0.397. The highest BCUT2D eigenvalue weighted by atomic mass is 19.1. The van der Waals surface area contributed by atoms with Crippen molar-refractivity contribution in [2.24, 2.45) is 0 Å². The number of carbonyl (C=O) groups excluding carboxylic acids is 1. The van der Waals surface area contributed by atoms with Gasteiger partial charge >= 0.3 is 0 Å². The van der Waals surface area contributed by atoms with Crippen molar-refractivity contribution in [3.63, 3.8) is 0 Å². The molecule has 2 aromatic heterocycles. The highest BCUT2D eigenvalue weighted by Crippen LogP contribution is 2.20. The fourth-order valence-electron chi connectivity index (χ4n) is 1.96. The number of pyridine rings is 1. The molecule has 23 heavy (non-hydrogen) atoms. The maximum Gasteiger partial charge on any atom is 0.261 e. The van der Waals surface area contributed by atoms with Crippen molar-refractivity contribution in [1.29, 1.82) is 0 Å². The van der Waals surface area contributed by atoms with Crippen LogP contribution in [0, 0.1) is 5.82 Å². The van der Waals surface area contributed by atoms with Gasteiger partial charge in [0.25, 0.3) is 5.91 Å². The standard InChI is InChI=1S/C15H12FN5O2/c1-23-12-6-5-9(16)8-10(12)14(22)19-15-18-13(20-21-15)11-4-2-3-7-17-11/h2-8H,1H3,(H2,18,19,20,21,22). The summed E-state index contributed by atoms with van der Waals surface area (Å²) in [4.78, 5) is 20.5. The Balaban J connectivity index is 1.82. The molecule has 2 N–H and O–H groups in total. The molecule has 0 aliphatic rings. The van der Waals surface area contributed by atoms with Crippen molar-refractivity contribution < 1.29 is 13.9 Å². The zero-order chi connectivity index (χ0) is 16.2. The molecule has 0 radical (unpaired) electrons. The number of hydrogen-bond acceptors (Lipinski definition) is 5. The van der Waals surface area contributed by atoms with E-state index in [1.54, 1.807) is 24.4 Å². The number of benzene rings is 1. The summed E-state index contributed by atoms with van der Waals surface area (Å²) in [5, 5.41) is 9.05. The van der Waals surface area contributed by atoms with Crippen LogP contribution in [0.25, 0.3) is 11.5 Å². The van der Waals surface area contributed by atoms with Crippen molar-refractivity contribution in [1.82, 2.24) is 20.2 Å². The fourth-order valence-corrected chi connectivity index (χ4v) is 1.96. The average molecular weight is 313 g/mol. The van der Waals surface area contributed by atoms with E-state index in [1.165, 1.54) is 19.2 Å². The molecule has 0 spiro atoms. The Labute approximate surface area is 130 Å². The van der Waals surface area contributed by atoms with Gasteiger partial charge in [-0.05, 0) is 30.3 Å². The van der Waals surface area contributed by atoms with Gasteiger partial charge in [0.1, 0.15) is 17.3 Å². The van der Waals surface area contributed by atoms with Crippen molar-refractivity contribution in [2.45, 2.75) is 0 Å². The van der Waals surface area contributed by atoms with Crippen LogP contribution >= 0.6 is 0 Å².